The number of amides is 1. The third kappa shape index (κ3) is 5.09. The van der Waals surface area contributed by atoms with E-state index < -0.39 is 17.7 Å². The fourth-order valence-electron chi connectivity index (χ4n) is 4.33. The Hall–Kier alpha value is -3.32. The van der Waals surface area contributed by atoms with Gasteiger partial charge in [-0.15, -0.1) is 0 Å². The first kappa shape index (κ1) is 25.3. The molecule has 2 aromatic carbocycles. The van der Waals surface area contributed by atoms with Crippen LogP contribution in [0.2, 0.25) is 0 Å². The third-order valence-corrected chi connectivity index (χ3v) is 6.29. The van der Waals surface area contributed by atoms with E-state index in [0.29, 0.717) is 36.8 Å². The lowest BCUT2D eigenvalue weighted by atomic mass is 9.94. The Morgan fingerprint density at radius 2 is 1.68 bits per heavy atom. The largest absolute Gasteiger partial charge is 0.507 e. The van der Waals surface area contributed by atoms with Crippen LogP contribution >= 0.6 is 0 Å². The fraction of sp³-hybridized carbons (Fsp3) is 0.407. The number of benzene rings is 2. The maximum absolute atomic E-state index is 13.2. The zero-order valence-electron chi connectivity index (χ0n) is 20.6. The van der Waals surface area contributed by atoms with Gasteiger partial charge in [-0.3, -0.25) is 9.59 Å². The molecule has 3 rings (SSSR count). The number of hydrogen-bond donors (Lipinski definition) is 1. The van der Waals surface area contributed by atoms with Crippen LogP contribution < -0.4 is 9.47 Å². The Morgan fingerprint density at radius 3 is 2.24 bits per heavy atom. The first-order valence-electron chi connectivity index (χ1n) is 11.7. The van der Waals surface area contributed by atoms with E-state index >= 15 is 0 Å². The lowest BCUT2D eigenvalue weighted by Crippen LogP contribution is -2.38. The van der Waals surface area contributed by atoms with Crippen molar-refractivity contribution in [1.29, 1.82) is 0 Å². The SMILES string of the molecule is CCOc1ccc([C@@H]2/C(=C(\O)c3ccc(OC)cc3C)C(=O)C(=O)N2CCN(CC)CC)cc1. The number of hydrogen-bond acceptors (Lipinski definition) is 6. The van der Waals surface area contributed by atoms with Crippen molar-refractivity contribution in [1.82, 2.24) is 9.80 Å². The molecule has 0 radical (unpaired) electrons. The summed E-state index contributed by atoms with van der Waals surface area (Å²) in [5.74, 6) is -0.0956. The Labute approximate surface area is 201 Å². The topological polar surface area (TPSA) is 79.3 Å². The van der Waals surface area contributed by atoms with Crippen molar-refractivity contribution in [3.63, 3.8) is 0 Å². The quantitative estimate of drug-likeness (QED) is 0.322. The van der Waals surface area contributed by atoms with Crippen LogP contribution in [0.25, 0.3) is 5.76 Å². The Kier molecular flexibility index (Phi) is 8.34. The van der Waals surface area contributed by atoms with E-state index in [2.05, 4.69) is 18.7 Å². The summed E-state index contributed by atoms with van der Waals surface area (Å²) in [5.41, 5.74) is 2.09. The number of ether oxygens (including phenoxy) is 2. The molecule has 1 amide bonds. The maximum atomic E-state index is 13.2. The Bertz CT molecular complexity index is 1060. The van der Waals surface area contributed by atoms with Gasteiger partial charge in [0.2, 0.25) is 0 Å². The van der Waals surface area contributed by atoms with Crippen LogP contribution in [0, 0.1) is 6.92 Å². The summed E-state index contributed by atoms with van der Waals surface area (Å²) < 4.78 is 10.8. The van der Waals surface area contributed by atoms with Gasteiger partial charge in [0.25, 0.3) is 11.7 Å². The summed E-state index contributed by atoms with van der Waals surface area (Å²) in [6.45, 7) is 11.1. The Morgan fingerprint density at radius 1 is 1.03 bits per heavy atom. The van der Waals surface area contributed by atoms with Crippen molar-refractivity contribution in [2.24, 2.45) is 0 Å². The number of carbonyl (C=O) groups is 2. The molecule has 0 aliphatic carbocycles. The molecule has 0 saturated carbocycles. The summed E-state index contributed by atoms with van der Waals surface area (Å²) in [6.07, 6.45) is 0. The number of likely N-dealkylation sites (tertiary alicyclic amines) is 1. The smallest absolute Gasteiger partial charge is 0.295 e. The minimum absolute atomic E-state index is 0.0990. The van der Waals surface area contributed by atoms with Crippen LogP contribution in [-0.4, -0.2) is 66.5 Å². The van der Waals surface area contributed by atoms with Crippen molar-refractivity contribution in [3.8, 4) is 11.5 Å². The van der Waals surface area contributed by atoms with Gasteiger partial charge in [0, 0.05) is 18.7 Å². The number of aliphatic hydroxyl groups is 1. The lowest BCUT2D eigenvalue weighted by molar-refractivity contribution is -0.140. The van der Waals surface area contributed by atoms with Crippen LogP contribution in [-0.2, 0) is 9.59 Å². The second-order valence-corrected chi connectivity index (χ2v) is 8.20. The lowest BCUT2D eigenvalue weighted by Gasteiger charge is -2.28. The molecule has 1 aliphatic rings. The average molecular weight is 467 g/mol. The number of Topliss-reactive ketones (excluding diaryl/α,β-unsaturated/α-hetero) is 1. The molecule has 182 valence electrons. The molecule has 34 heavy (non-hydrogen) atoms. The number of aryl methyl sites for hydroxylation is 1. The first-order valence-corrected chi connectivity index (χ1v) is 11.7. The molecule has 1 heterocycles. The molecule has 7 nitrogen and oxygen atoms in total. The minimum atomic E-state index is -0.687. The molecule has 1 atom stereocenters. The van der Waals surface area contributed by atoms with Gasteiger partial charge in [-0.25, -0.2) is 0 Å². The third-order valence-electron chi connectivity index (χ3n) is 6.29. The van der Waals surface area contributed by atoms with Gasteiger partial charge in [0.15, 0.2) is 0 Å². The van der Waals surface area contributed by atoms with E-state index in [4.69, 9.17) is 9.47 Å². The predicted molar refractivity (Wildman–Crippen MR) is 132 cm³/mol. The molecule has 1 N–H and O–H groups in total. The summed E-state index contributed by atoms with van der Waals surface area (Å²) in [4.78, 5) is 30.1. The normalized spacial score (nSPS) is 17.5. The predicted octanol–water partition coefficient (Wildman–Crippen LogP) is 4.17. The number of aliphatic hydroxyl groups excluding tert-OH is 1. The van der Waals surface area contributed by atoms with E-state index in [9.17, 15) is 14.7 Å². The second kappa shape index (κ2) is 11.2. The van der Waals surface area contributed by atoms with Gasteiger partial charge in [-0.2, -0.15) is 0 Å². The molecule has 7 heteroatoms. The van der Waals surface area contributed by atoms with Crippen LogP contribution in [0.15, 0.2) is 48.0 Å². The number of nitrogens with zero attached hydrogens (tertiary/aromatic N) is 2. The van der Waals surface area contributed by atoms with Crippen LogP contribution in [0.1, 0.15) is 43.5 Å². The minimum Gasteiger partial charge on any atom is -0.507 e. The second-order valence-electron chi connectivity index (χ2n) is 8.20. The van der Waals surface area contributed by atoms with Gasteiger partial charge in [-0.1, -0.05) is 26.0 Å². The van der Waals surface area contributed by atoms with E-state index in [0.717, 1.165) is 24.2 Å². The van der Waals surface area contributed by atoms with Crippen LogP contribution in [0.5, 0.6) is 11.5 Å². The molecule has 2 aromatic rings. The van der Waals surface area contributed by atoms with E-state index in [1.807, 2.05) is 38.1 Å². The summed E-state index contributed by atoms with van der Waals surface area (Å²) in [6, 6.07) is 11.9. The van der Waals surface area contributed by atoms with Crippen LogP contribution in [0.4, 0.5) is 0 Å². The average Bonchev–Trinajstić information content (AvgIpc) is 3.10. The highest BCUT2D eigenvalue weighted by Crippen LogP contribution is 2.40. The van der Waals surface area contributed by atoms with E-state index in [1.54, 1.807) is 30.2 Å². The highest BCUT2D eigenvalue weighted by molar-refractivity contribution is 6.46. The van der Waals surface area contributed by atoms with Crippen molar-refractivity contribution in [3.05, 3.63) is 64.7 Å². The maximum Gasteiger partial charge on any atom is 0.295 e. The van der Waals surface area contributed by atoms with Gasteiger partial charge >= 0.3 is 0 Å². The van der Waals surface area contributed by atoms with Crippen molar-refractivity contribution in [2.45, 2.75) is 33.7 Å². The first-order chi connectivity index (χ1) is 16.4. The van der Waals surface area contributed by atoms with Gasteiger partial charge in [-0.05, 0) is 68.4 Å². The van der Waals surface area contributed by atoms with Crippen molar-refractivity contribution < 1.29 is 24.2 Å². The van der Waals surface area contributed by atoms with E-state index in [-0.39, 0.29) is 11.3 Å². The van der Waals surface area contributed by atoms with Gasteiger partial charge < -0.3 is 24.4 Å². The molecular weight excluding hydrogens is 432 g/mol. The molecule has 0 spiro atoms. The monoisotopic (exact) mass is 466 g/mol. The van der Waals surface area contributed by atoms with Crippen LogP contribution in [0.3, 0.4) is 0 Å². The highest BCUT2D eigenvalue weighted by Gasteiger charge is 2.46. The summed E-state index contributed by atoms with van der Waals surface area (Å²) in [7, 11) is 1.57. The fourth-order valence-corrected chi connectivity index (χ4v) is 4.33. The number of likely N-dealkylation sites (N-methyl/N-ethyl adjacent to an activating group) is 1. The molecule has 0 aromatic heterocycles. The van der Waals surface area contributed by atoms with Gasteiger partial charge in [0.05, 0.1) is 25.3 Å². The van der Waals surface area contributed by atoms with E-state index in [1.165, 1.54) is 0 Å². The number of rotatable bonds is 10. The zero-order chi connectivity index (χ0) is 24.8. The van der Waals surface area contributed by atoms with Gasteiger partial charge in [0.1, 0.15) is 17.3 Å². The number of ketones is 1. The zero-order valence-corrected chi connectivity index (χ0v) is 20.6. The molecule has 1 aliphatic heterocycles. The summed E-state index contributed by atoms with van der Waals surface area (Å²) in [5, 5.41) is 11.3. The molecule has 1 fully saturated rings. The molecule has 0 unspecified atom stereocenters. The van der Waals surface area contributed by atoms with Crippen molar-refractivity contribution >= 4 is 17.4 Å². The van der Waals surface area contributed by atoms with Crippen molar-refractivity contribution in [2.75, 3.05) is 39.9 Å². The number of methoxy groups -OCH3 is 1. The standard InChI is InChI=1S/C27H34N2O5/c1-6-28(7-2)15-16-29-24(19-9-11-20(12-10-19)34-8-3)23(26(31)27(29)32)25(30)22-14-13-21(33-5)17-18(22)4/h9-14,17,24,30H,6-8,15-16H2,1-5H3/b25-23+/t24-/m1/s1. The molecular formula is C27H34N2O5. The molecule has 0 bridgehead atoms. The number of carbonyl (C=O) groups excluding carboxylic acids is 2. The Balaban J connectivity index is 2.11. The summed E-state index contributed by atoms with van der Waals surface area (Å²) >= 11 is 0. The highest BCUT2D eigenvalue weighted by atomic mass is 16.5. The molecule has 1 saturated heterocycles.